The molecule has 51 heavy (non-hydrogen) atoms. The Bertz CT molecular complexity index is 1580. The Balaban J connectivity index is 1.17. The second kappa shape index (κ2) is 16.3. The van der Waals surface area contributed by atoms with Crippen molar-refractivity contribution in [1.29, 1.82) is 0 Å². The molecule has 4 N–H and O–H groups in total. The zero-order valence-corrected chi connectivity index (χ0v) is 30.9. The Morgan fingerprint density at radius 1 is 1.00 bits per heavy atom. The topological polar surface area (TPSA) is 152 Å². The van der Waals surface area contributed by atoms with Gasteiger partial charge in [0.2, 0.25) is 6.10 Å². The van der Waals surface area contributed by atoms with Crippen molar-refractivity contribution in [3.8, 4) is 5.75 Å². The van der Waals surface area contributed by atoms with Crippen molar-refractivity contribution in [3.05, 3.63) is 58.1 Å². The lowest BCUT2D eigenvalue weighted by Gasteiger charge is -2.44. The molecule has 6 rings (SSSR count). The summed E-state index contributed by atoms with van der Waals surface area (Å²) in [5.41, 5.74) is 2.59. The number of likely N-dealkylation sites (N-methyl/N-ethyl adjacent to an activating group) is 1. The quantitative estimate of drug-likeness (QED) is 0.176. The number of amides is 5. The van der Waals surface area contributed by atoms with Crippen molar-refractivity contribution in [2.24, 2.45) is 11.8 Å². The molecule has 0 spiro atoms. The van der Waals surface area contributed by atoms with E-state index < -0.39 is 18.1 Å². The number of hydrogen-bond donors (Lipinski definition) is 4. The average molecular weight is 771 g/mol. The zero-order valence-electron chi connectivity index (χ0n) is 29.3. The Morgan fingerprint density at radius 2 is 1.69 bits per heavy atom. The lowest BCUT2D eigenvalue weighted by Crippen LogP contribution is -2.64. The number of phenolic OH excluding ortho intramolecular Hbond substituents is 1. The number of aromatic hydroxyl groups is 1. The van der Waals surface area contributed by atoms with E-state index in [-0.39, 0.29) is 41.2 Å². The molecule has 0 aromatic heterocycles. The number of rotatable bonds is 8. The molecule has 0 radical (unpaired) electrons. The SMILES string of the molecule is CN(O)C(=O)C[N+]1(C(=O)[C@@H](Cc2ccc(O)c(Br)c2)OC(=O)N2CCC(N3CCc4ccccc4NC3=O)CC2)CCC(C2CCNCC2)CC1. The van der Waals surface area contributed by atoms with Gasteiger partial charge in [0, 0.05) is 57.7 Å². The van der Waals surface area contributed by atoms with Crippen LogP contribution in [0.3, 0.4) is 0 Å². The molecule has 3 fully saturated rings. The molecule has 0 unspecified atom stereocenters. The molecule has 14 heteroatoms. The Labute approximate surface area is 307 Å². The highest BCUT2D eigenvalue weighted by Gasteiger charge is 2.49. The van der Waals surface area contributed by atoms with Crippen molar-refractivity contribution in [2.45, 2.75) is 63.5 Å². The van der Waals surface area contributed by atoms with Crippen molar-refractivity contribution in [2.75, 3.05) is 64.7 Å². The van der Waals surface area contributed by atoms with Gasteiger partial charge in [0.1, 0.15) is 5.75 Å². The van der Waals surface area contributed by atoms with E-state index >= 15 is 0 Å². The van der Waals surface area contributed by atoms with Gasteiger partial charge in [-0.15, -0.1) is 0 Å². The number of hydrogen-bond acceptors (Lipinski definition) is 8. The molecule has 0 saturated carbocycles. The van der Waals surface area contributed by atoms with E-state index in [1.54, 1.807) is 17.0 Å². The monoisotopic (exact) mass is 769 g/mol. The van der Waals surface area contributed by atoms with Crippen LogP contribution in [0, 0.1) is 11.8 Å². The summed E-state index contributed by atoms with van der Waals surface area (Å²) in [4.78, 5) is 58.2. The van der Waals surface area contributed by atoms with Gasteiger partial charge in [-0.25, -0.2) is 23.9 Å². The normalized spacial score (nSPS) is 23.8. The predicted octanol–water partition coefficient (Wildman–Crippen LogP) is 4.36. The Hall–Kier alpha value is -3.72. The molecule has 2 aromatic rings. The number of ether oxygens (including phenoxy) is 1. The van der Waals surface area contributed by atoms with Crippen LogP contribution < -0.4 is 10.6 Å². The van der Waals surface area contributed by atoms with Crippen LogP contribution in [-0.2, 0) is 27.2 Å². The van der Waals surface area contributed by atoms with Crippen LogP contribution in [0.5, 0.6) is 5.75 Å². The van der Waals surface area contributed by atoms with Gasteiger partial charge < -0.3 is 30.3 Å². The van der Waals surface area contributed by atoms with Gasteiger partial charge in [0.15, 0.2) is 6.54 Å². The second-order valence-electron chi connectivity index (χ2n) is 14.5. The van der Waals surface area contributed by atoms with Gasteiger partial charge in [-0.1, -0.05) is 24.3 Å². The first-order chi connectivity index (χ1) is 24.5. The number of para-hydroxylation sites is 1. The highest BCUT2D eigenvalue weighted by atomic mass is 79.9. The summed E-state index contributed by atoms with van der Waals surface area (Å²) < 4.78 is 6.35. The van der Waals surface area contributed by atoms with Gasteiger partial charge in [0.25, 0.3) is 0 Å². The number of carbonyl (C=O) groups excluding carboxylic acids is 4. The molecule has 3 saturated heterocycles. The van der Waals surface area contributed by atoms with Crippen molar-refractivity contribution in [1.82, 2.24) is 20.2 Å². The number of fused-ring (bicyclic) bond motifs is 1. The maximum Gasteiger partial charge on any atom is 0.410 e. The van der Waals surface area contributed by atoms with E-state index in [9.17, 15) is 29.5 Å². The highest BCUT2D eigenvalue weighted by Crippen LogP contribution is 2.35. The van der Waals surface area contributed by atoms with Crippen LogP contribution in [0.1, 0.15) is 49.7 Å². The zero-order chi connectivity index (χ0) is 36.1. The number of halogens is 1. The van der Waals surface area contributed by atoms with Gasteiger partial charge in [-0.05, 0) is 102 Å². The van der Waals surface area contributed by atoms with E-state index in [2.05, 4.69) is 26.6 Å². The summed E-state index contributed by atoms with van der Waals surface area (Å²) in [5, 5.41) is 27.1. The van der Waals surface area contributed by atoms with Gasteiger partial charge in [-0.3, -0.25) is 10.0 Å². The van der Waals surface area contributed by atoms with Crippen molar-refractivity contribution >= 4 is 45.6 Å². The largest absolute Gasteiger partial charge is 0.507 e. The van der Waals surface area contributed by atoms with Crippen molar-refractivity contribution < 1.29 is 38.7 Å². The number of phenols is 1. The third kappa shape index (κ3) is 8.67. The fourth-order valence-corrected chi connectivity index (χ4v) is 8.78. The van der Waals surface area contributed by atoms with E-state index in [0.29, 0.717) is 72.5 Å². The number of likely N-dealkylation sites (tertiary alicyclic amines) is 2. The van der Waals surface area contributed by atoms with Gasteiger partial charge >= 0.3 is 23.9 Å². The lowest BCUT2D eigenvalue weighted by atomic mass is 9.78. The third-order valence-corrected chi connectivity index (χ3v) is 12.1. The number of nitrogens with zero attached hydrogens (tertiary/aromatic N) is 4. The molecule has 4 aliphatic rings. The van der Waals surface area contributed by atoms with Crippen LogP contribution in [0.15, 0.2) is 46.9 Å². The summed E-state index contributed by atoms with van der Waals surface area (Å²) in [5.74, 6) is 0.0832. The summed E-state index contributed by atoms with van der Waals surface area (Å²) in [6, 6.07) is 12.5. The number of benzene rings is 2. The first-order valence-electron chi connectivity index (χ1n) is 18.2. The fourth-order valence-electron chi connectivity index (χ4n) is 8.36. The second-order valence-corrected chi connectivity index (χ2v) is 15.4. The predicted molar refractivity (Wildman–Crippen MR) is 193 cm³/mol. The molecule has 4 heterocycles. The molecular weight excluding hydrogens is 720 g/mol. The average Bonchev–Trinajstić information content (AvgIpc) is 3.31. The third-order valence-electron chi connectivity index (χ3n) is 11.4. The van der Waals surface area contributed by atoms with Crippen LogP contribution in [0.4, 0.5) is 15.3 Å². The smallest absolute Gasteiger partial charge is 0.410 e. The van der Waals surface area contributed by atoms with Crippen LogP contribution in [0.25, 0.3) is 0 Å². The number of hydroxylamine groups is 2. The lowest BCUT2D eigenvalue weighted by molar-refractivity contribution is -0.855. The maximum absolute atomic E-state index is 14.8. The fraction of sp³-hybridized carbons (Fsp3) is 0.568. The van der Waals surface area contributed by atoms with E-state index in [1.807, 2.05) is 29.2 Å². The van der Waals surface area contributed by atoms with Gasteiger partial charge in [-0.2, -0.15) is 0 Å². The number of anilines is 1. The molecule has 1 atom stereocenters. The maximum atomic E-state index is 14.8. The highest BCUT2D eigenvalue weighted by molar-refractivity contribution is 9.10. The summed E-state index contributed by atoms with van der Waals surface area (Å²) in [6.45, 7) is 3.84. The van der Waals surface area contributed by atoms with Crippen molar-refractivity contribution in [3.63, 3.8) is 0 Å². The molecule has 13 nitrogen and oxygen atoms in total. The summed E-state index contributed by atoms with van der Waals surface area (Å²) >= 11 is 3.35. The number of piperidine rings is 3. The van der Waals surface area contributed by atoms with Crippen LogP contribution in [-0.4, -0.2) is 125 Å². The summed E-state index contributed by atoms with van der Waals surface area (Å²) in [7, 11) is 1.26. The minimum Gasteiger partial charge on any atom is -0.507 e. The first kappa shape index (κ1) is 37.1. The number of quaternary nitrogens is 1. The molecule has 276 valence electrons. The number of nitrogens with one attached hydrogen (secondary N) is 2. The molecule has 4 aliphatic heterocycles. The first-order valence-corrected chi connectivity index (χ1v) is 19.0. The molecule has 2 aromatic carbocycles. The van der Waals surface area contributed by atoms with Gasteiger partial charge in [0.05, 0.1) is 17.6 Å². The minimum atomic E-state index is -1.21. The molecule has 0 aliphatic carbocycles. The van der Waals surface area contributed by atoms with Crippen LogP contribution in [0.2, 0.25) is 0 Å². The number of urea groups is 1. The van der Waals surface area contributed by atoms with E-state index in [0.717, 1.165) is 56.4 Å². The Kier molecular flexibility index (Phi) is 11.8. The van der Waals surface area contributed by atoms with Crippen LogP contribution >= 0.6 is 15.9 Å². The molecule has 5 amide bonds. The van der Waals surface area contributed by atoms with E-state index in [4.69, 9.17) is 4.74 Å². The standard InChI is InChI=1S/C37H49BrN6O7/c1-41(50)34(46)24-44(20-13-27(14-21-44)26-8-15-39-16-9-26)35(47)33(23-25-6-7-32(45)30(38)22-25)51-37(49)42-17-11-29(12-18-42)43-19-10-28-4-2-3-5-31(28)40-36(43)48/h2-7,22,26-27,29,33,39,50H,8-21,23-24H2,1H3,(H-,40,45,48)/p+1/t27?,33-,44?/m1/s1. The number of carbonyl (C=O) groups is 4. The minimum absolute atomic E-state index is 0.0449. The molecule has 0 bridgehead atoms. The Morgan fingerprint density at radius 3 is 2.37 bits per heavy atom. The summed E-state index contributed by atoms with van der Waals surface area (Å²) in [6.07, 6.45) is 3.77. The van der Waals surface area contributed by atoms with E-state index in [1.165, 1.54) is 13.1 Å². The molecular formula is C37H50BrN6O7+.